The fourth-order valence-electron chi connectivity index (χ4n) is 4.94. The highest BCUT2D eigenvalue weighted by molar-refractivity contribution is 7.98. The number of rotatable bonds is 6. The number of fused-ring (bicyclic) bond motifs is 2. The first kappa shape index (κ1) is 21.2. The van der Waals surface area contributed by atoms with Crippen LogP contribution in [0.5, 0.6) is 11.5 Å². The van der Waals surface area contributed by atoms with Crippen LogP contribution in [0, 0.1) is 5.92 Å². The summed E-state index contributed by atoms with van der Waals surface area (Å²) in [6, 6.07) is 11.8. The summed E-state index contributed by atoms with van der Waals surface area (Å²) in [6.07, 6.45) is 4.88. The van der Waals surface area contributed by atoms with E-state index in [1.165, 1.54) is 0 Å². The zero-order valence-electron chi connectivity index (χ0n) is 18.9. The highest BCUT2D eigenvalue weighted by atomic mass is 32.2. The van der Waals surface area contributed by atoms with Gasteiger partial charge in [-0.3, -0.25) is 9.78 Å². The molecule has 2 atom stereocenters. The summed E-state index contributed by atoms with van der Waals surface area (Å²) >= 11 is 1.55. The molecule has 1 aliphatic carbocycles. The summed E-state index contributed by atoms with van der Waals surface area (Å²) in [5.74, 6) is 3.29. The van der Waals surface area contributed by atoms with Gasteiger partial charge >= 0.3 is 0 Å². The molecule has 174 valence electrons. The molecule has 2 aromatic heterocycles. The Labute approximate surface area is 201 Å². The molecule has 0 bridgehead atoms. The van der Waals surface area contributed by atoms with Gasteiger partial charge in [-0.25, -0.2) is 4.68 Å². The van der Waals surface area contributed by atoms with Gasteiger partial charge in [0.05, 0.1) is 11.7 Å². The smallest absolute Gasteiger partial charge is 0.231 e. The molecule has 2 aliphatic heterocycles. The van der Waals surface area contributed by atoms with Crippen molar-refractivity contribution in [2.24, 2.45) is 5.92 Å². The quantitative estimate of drug-likeness (QED) is 0.520. The van der Waals surface area contributed by atoms with Gasteiger partial charge in [0.25, 0.3) is 0 Å². The Morgan fingerprint density at radius 1 is 1.21 bits per heavy atom. The van der Waals surface area contributed by atoms with Crippen LogP contribution in [0.3, 0.4) is 0 Å². The molecule has 1 N–H and O–H groups in total. The van der Waals surface area contributed by atoms with Crippen molar-refractivity contribution < 1.29 is 14.3 Å². The molecular formula is C25H25N5O3S. The van der Waals surface area contributed by atoms with Crippen molar-refractivity contribution >= 4 is 23.5 Å². The standard InChI is InChI=1S/C25H25N5O3S/c1-15(11-16-8-9-20-21(12-16)33-14-32-20)23-22-18(6-4-7-19(22)31)27-24-28-25(29-30(23)24)34-13-17-5-2-3-10-26-17/h2-3,5,8-10,12,15,23H,4,6-7,11,13-14H2,1H3,(H,27,28,29)/t15-,23-/m0/s1. The van der Waals surface area contributed by atoms with E-state index >= 15 is 0 Å². The van der Waals surface area contributed by atoms with Crippen molar-refractivity contribution in [1.82, 2.24) is 19.7 Å². The Kier molecular flexibility index (Phi) is 5.49. The molecule has 0 spiro atoms. The second kappa shape index (κ2) is 8.79. The van der Waals surface area contributed by atoms with Gasteiger partial charge in [-0.2, -0.15) is 4.98 Å². The molecule has 0 saturated carbocycles. The number of aromatic nitrogens is 4. The largest absolute Gasteiger partial charge is 0.454 e. The summed E-state index contributed by atoms with van der Waals surface area (Å²) in [5, 5.41) is 8.93. The number of nitrogens with one attached hydrogen (secondary N) is 1. The van der Waals surface area contributed by atoms with Gasteiger partial charge in [0.15, 0.2) is 17.3 Å². The lowest BCUT2D eigenvalue weighted by atomic mass is 9.81. The van der Waals surface area contributed by atoms with Gasteiger partial charge in [0.2, 0.25) is 17.9 Å². The van der Waals surface area contributed by atoms with E-state index in [0.717, 1.165) is 53.3 Å². The number of nitrogens with zero attached hydrogens (tertiary/aromatic N) is 4. The number of benzene rings is 1. The zero-order valence-corrected chi connectivity index (χ0v) is 19.7. The third-order valence-corrected chi connectivity index (χ3v) is 7.37. The van der Waals surface area contributed by atoms with E-state index in [9.17, 15) is 4.79 Å². The number of hydrogen-bond donors (Lipinski definition) is 1. The van der Waals surface area contributed by atoms with Crippen molar-refractivity contribution in [3.05, 3.63) is 65.1 Å². The molecule has 0 radical (unpaired) electrons. The molecular weight excluding hydrogens is 450 g/mol. The van der Waals surface area contributed by atoms with Crippen LogP contribution < -0.4 is 14.8 Å². The number of anilines is 1. The number of carbonyl (C=O) groups is 1. The van der Waals surface area contributed by atoms with E-state index in [2.05, 4.69) is 23.3 Å². The maximum absolute atomic E-state index is 13.1. The third kappa shape index (κ3) is 3.94. The first-order valence-electron chi connectivity index (χ1n) is 11.6. The molecule has 34 heavy (non-hydrogen) atoms. The number of carbonyl (C=O) groups excluding carboxylic acids is 1. The normalized spacial score (nSPS) is 19.4. The maximum Gasteiger partial charge on any atom is 0.231 e. The monoisotopic (exact) mass is 475 g/mol. The molecule has 9 heteroatoms. The fourth-order valence-corrected chi connectivity index (χ4v) is 5.68. The SMILES string of the molecule is C[C@@H](Cc1ccc2c(c1)OCO2)[C@H]1C2=C(CCCC2=O)Nc2nc(SCc3ccccn3)nn21. The van der Waals surface area contributed by atoms with Crippen LogP contribution in [0.1, 0.15) is 43.5 Å². The second-order valence-electron chi connectivity index (χ2n) is 8.88. The molecule has 4 heterocycles. The lowest BCUT2D eigenvalue weighted by Gasteiger charge is -2.35. The van der Waals surface area contributed by atoms with Gasteiger partial charge in [-0.1, -0.05) is 30.8 Å². The first-order chi connectivity index (χ1) is 16.7. The Hall–Kier alpha value is -3.33. The summed E-state index contributed by atoms with van der Waals surface area (Å²) in [7, 11) is 0. The Balaban J connectivity index is 1.30. The van der Waals surface area contributed by atoms with Crippen molar-refractivity contribution in [1.29, 1.82) is 0 Å². The molecule has 8 nitrogen and oxygen atoms in total. The second-order valence-corrected chi connectivity index (χ2v) is 9.82. The summed E-state index contributed by atoms with van der Waals surface area (Å²) in [5.41, 5.74) is 3.98. The topological polar surface area (TPSA) is 91.2 Å². The van der Waals surface area contributed by atoms with Crippen LogP contribution >= 0.6 is 11.8 Å². The minimum atomic E-state index is -0.166. The molecule has 1 aromatic carbocycles. The van der Waals surface area contributed by atoms with Gasteiger partial charge in [0, 0.05) is 29.6 Å². The number of ketones is 1. The van der Waals surface area contributed by atoms with Crippen LogP contribution in [0.25, 0.3) is 0 Å². The van der Waals surface area contributed by atoms with Crippen LogP contribution in [0.15, 0.2) is 59.0 Å². The number of Topliss-reactive ketones (excluding diaryl/α,β-unsaturated/α-hetero) is 1. The molecule has 3 aromatic rings. The van der Waals surface area contributed by atoms with Crippen molar-refractivity contribution in [2.75, 3.05) is 12.1 Å². The van der Waals surface area contributed by atoms with Crippen LogP contribution in [-0.4, -0.2) is 32.3 Å². The van der Waals surface area contributed by atoms with E-state index in [4.69, 9.17) is 19.6 Å². The first-order valence-corrected chi connectivity index (χ1v) is 12.6. The predicted molar refractivity (Wildman–Crippen MR) is 128 cm³/mol. The molecule has 0 amide bonds. The number of thioether (sulfide) groups is 1. The van der Waals surface area contributed by atoms with Crippen LogP contribution in [0.2, 0.25) is 0 Å². The van der Waals surface area contributed by atoms with Crippen molar-refractivity contribution in [3.8, 4) is 11.5 Å². The molecule has 0 saturated heterocycles. The highest BCUT2D eigenvalue weighted by Gasteiger charge is 2.38. The van der Waals surface area contributed by atoms with Crippen LogP contribution in [-0.2, 0) is 17.0 Å². The fraction of sp³-hybridized carbons (Fsp3) is 0.360. The summed E-state index contributed by atoms with van der Waals surface area (Å²) < 4.78 is 12.9. The Morgan fingerprint density at radius 2 is 2.12 bits per heavy atom. The number of ether oxygens (including phenoxy) is 2. The van der Waals surface area contributed by atoms with Crippen LogP contribution in [0.4, 0.5) is 5.95 Å². The van der Waals surface area contributed by atoms with E-state index in [0.29, 0.717) is 23.3 Å². The van der Waals surface area contributed by atoms with Gasteiger partial charge in [-0.05, 0) is 55.0 Å². The molecule has 3 aliphatic rings. The van der Waals surface area contributed by atoms with E-state index in [-0.39, 0.29) is 24.5 Å². The molecule has 0 fully saturated rings. The van der Waals surface area contributed by atoms with Crippen molar-refractivity contribution in [2.45, 2.75) is 49.6 Å². The van der Waals surface area contributed by atoms with Gasteiger partial charge < -0.3 is 14.8 Å². The Bertz CT molecular complexity index is 1270. The summed E-state index contributed by atoms with van der Waals surface area (Å²) in [4.78, 5) is 22.2. The van der Waals surface area contributed by atoms with Gasteiger partial charge in [0.1, 0.15) is 0 Å². The minimum absolute atomic E-state index is 0.128. The Morgan fingerprint density at radius 3 is 3.00 bits per heavy atom. The zero-order chi connectivity index (χ0) is 23.1. The van der Waals surface area contributed by atoms with E-state index in [1.54, 1.807) is 18.0 Å². The number of hydrogen-bond acceptors (Lipinski definition) is 8. The average Bonchev–Trinajstić information content (AvgIpc) is 3.48. The molecule has 0 unspecified atom stereocenters. The molecule has 6 rings (SSSR count). The number of pyridine rings is 1. The maximum atomic E-state index is 13.1. The average molecular weight is 476 g/mol. The van der Waals surface area contributed by atoms with E-state index < -0.39 is 0 Å². The lowest BCUT2D eigenvalue weighted by Crippen LogP contribution is -2.34. The summed E-state index contributed by atoms with van der Waals surface area (Å²) in [6.45, 7) is 2.44. The lowest BCUT2D eigenvalue weighted by molar-refractivity contribution is -0.116. The predicted octanol–water partition coefficient (Wildman–Crippen LogP) is 4.55. The minimum Gasteiger partial charge on any atom is -0.454 e. The highest BCUT2D eigenvalue weighted by Crippen LogP contribution is 2.42. The number of allylic oxidation sites excluding steroid dienone is 2. The van der Waals surface area contributed by atoms with E-state index in [1.807, 2.05) is 35.0 Å². The van der Waals surface area contributed by atoms with Crippen molar-refractivity contribution in [3.63, 3.8) is 0 Å². The van der Waals surface area contributed by atoms with Gasteiger partial charge in [-0.15, -0.1) is 5.10 Å². The third-order valence-electron chi connectivity index (χ3n) is 6.50.